The number of benzene rings is 2. The van der Waals surface area contributed by atoms with E-state index in [1.54, 1.807) is 16.7 Å². The molecule has 1 amide bonds. The first-order chi connectivity index (χ1) is 14.6. The van der Waals surface area contributed by atoms with Gasteiger partial charge in [-0.25, -0.2) is 9.97 Å². The number of nitrogens with zero attached hydrogens (tertiary/aromatic N) is 3. The Bertz CT molecular complexity index is 1250. The van der Waals surface area contributed by atoms with Gasteiger partial charge in [0, 0.05) is 23.9 Å². The largest absolute Gasteiger partial charge is 0.384 e. The second-order valence-electron chi connectivity index (χ2n) is 7.30. The fraction of sp³-hybridized carbons (Fsp3) is 0.227. The SMILES string of the molecule is Nc1c(C(=O)NCC2CCCO2)c2nc3ccccc3nc2n1-c1ccc(Cl)cc1. The van der Waals surface area contributed by atoms with Gasteiger partial charge >= 0.3 is 0 Å². The predicted octanol–water partition coefficient (Wildman–Crippen LogP) is 3.72. The van der Waals surface area contributed by atoms with Gasteiger partial charge in [-0.05, 0) is 49.2 Å². The average molecular weight is 422 g/mol. The van der Waals surface area contributed by atoms with Crippen molar-refractivity contribution in [1.29, 1.82) is 0 Å². The molecule has 2 aromatic carbocycles. The number of para-hydroxylation sites is 2. The first kappa shape index (κ1) is 18.8. The van der Waals surface area contributed by atoms with Crippen molar-refractivity contribution in [2.24, 2.45) is 0 Å². The number of amides is 1. The topological polar surface area (TPSA) is 95.1 Å². The van der Waals surface area contributed by atoms with Crippen LogP contribution in [-0.4, -0.2) is 39.7 Å². The number of hydrogen-bond donors (Lipinski definition) is 2. The van der Waals surface area contributed by atoms with Crippen LogP contribution in [0.3, 0.4) is 0 Å². The fourth-order valence-corrected chi connectivity index (χ4v) is 3.96. The van der Waals surface area contributed by atoms with Crippen LogP contribution >= 0.6 is 11.6 Å². The summed E-state index contributed by atoms with van der Waals surface area (Å²) in [5.41, 5.74) is 9.98. The number of ether oxygens (including phenoxy) is 1. The Morgan fingerprint density at radius 1 is 1.17 bits per heavy atom. The number of hydrogen-bond acceptors (Lipinski definition) is 5. The van der Waals surface area contributed by atoms with Gasteiger partial charge in [-0.15, -0.1) is 0 Å². The van der Waals surface area contributed by atoms with Gasteiger partial charge < -0.3 is 15.8 Å². The van der Waals surface area contributed by atoms with Crippen LogP contribution in [0.4, 0.5) is 5.82 Å². The van der Waals surface area contributed by atoms with E-state index in [9.17, 15) is 4.79 Å². The monoisotopic (exact) mass is 421 g/mol. The highest BCUT2D eigenvalue weighted by Gasteiger charge is 2.26. The summed E-state index contributed by atoms with van der Waals surface area (Å²) in [6.45, 7) is 1.17. The van der Waals surface area contributed by atoms with E-state index in [4.69, 9.17) is 32.0 Å². The molecule has 0 aliphatic carbocycles. The van der Waals surface area contributed by atoms with Crippen molar-refractivity contribution in [1.82, 2.24) is 19.9 Å². The molecule has 1 aliphatic heterocycles. The zero-order chi connectivity index (χ0) is 20.7. The molecule has 2 aromatic heterocycles. The summed E-state index contributed by atoms with van der Waals surface area (Å²) in [5, 5.41) is 3.56. The lowest BCUT2D eigenvalue weighted by Crippen LogP contribution is -2.32. The normalized spacial score (nSPS) is 16.4. The summed E-state index contributed by atoms with van der Waals surface area (Å²) < 4.78 is 7.35. The lowest BCUT2D eigenvalue weighted by Gasteiger charge is -2.11. The van der Waals surface area contributed by atoms with Crippen LogP contribution < -0.4 is 11.1 Å². The van der Waals surface area contributed by atoms with Crippen LogP contribution in [0.15, 0.2) is 48.5 Å². The summed E-state index contributed by atoms with van der Waals surface area (Å²) in [7, 11) is 0. The molecule has 5 rings (SSSR count). The van der Waals surface area contributed by atoms with E-state index in [0.717, 1.165) is 30.7 Å². The van der Waals surface area contributed by atoms with Gasteiger partial charge in [-0.2, -0.15) is 0 Å². The second kappa shape index (κ2) is 7.59. The molecule has 0 radical (unpaired) electrons. The predicted molar refractivity (Wildman–Crippen MR) is 117 cm³/mol. The Morgan fingerprint density at radius 3 is 2.60 bits per heavy atom. The van der Waals surface area contributed by atoms with Crippen molar-refractivity contribution >= 4 is 45.5 Å². The second-order valence-corrected chi connectivity index (χ2v) is 7.74. The van der Waals surface area contributed by atoms with Gasteiger partial charge in [0.15, 0.2) is 5.65 Å². The molecule has 30 heavy (non-hydrogen) atoms. The van der Waals surface area contributed by atoms with E-state index < -0.39 is 0 Å². The quantitative estimate of drug-likeness (QED) is 0.523. The minimum absolute atomic E-state index is 0.0340. The molecule has 1 unspecified atom stereocenters. The van der Waals surface area contributed by atoms with E-state index >= 15 is 0 Å². The summed E-state index contributed by atoms with van der Waals surface area (Å²) in [5.74, 6) is -0.00207. The number of rotatable bonds is 4. The number of anilines is 1. The molecule has 1 atom stereocenters. The van der Waals surface area contributed by atoms with Gasteiger partial charge in [-0.1, -0.05) is 23.7 Å². The zero-order valence-corrected chi connectivity index (χ0v) is 16.9. The number of carbonyl (C=O) groups excluding carboxylic acids is 1. The minimum Gasteiger partial charge on any atom is -0.384 e. The molecule has 3 N–H and O–H groups in total. The first-order valence-electron chi connectivity index (χ1n) is 9.84. The number of nitrogens with one attached hydrogen (secondary N) is 1. The number of halogens is 1. The van der Waals surface area contributed by atoms with Crippen LogP contribution in [0.2, 0.25) is 5.02 Å². The Morgan fingerprint density at radius 2 is 1.90 bits per heavy atom. The standard InChI is InChI=1S/C22H20ClN5O2/c23-13-7-9-14(10-8-13)28-20(24)18(22(29)25-12-15-4-3-11-30-15)19-21(28)27-17-6-2-1-5-16(17)26-19/h1-2,5-10,15H,3-4,11-12,24H2,(H,25,29). The highest BCUT2D eigenvalue weighted by Crippen LogP contribution is 2.31. The van der Waals surface area contributed by atoms with Crippen molar-refractivity contribution in [3.05, 3.63) is 59.1 Å². The molecular formula is C22H20ClN5O2. The molecule has 0 bridgehead atoms. The molecule has 0 saturated carbocycles. The first-order valence-corrected chi connectivity index (χ1v) is 10.2. The van der Waals surface area contributed by atoms with Crippen molar-refractivity contribution in [2.45, 2.75) is 18.9 Å². The lowest BCUT2D eigenvalue weighted by atomic mass is 10.2. The third kappa shape index (κ3) is 3.26. The molecule has 1 aliphatic rings. The maximum absolute atomic E-state index is 13.1. The number of carbonyl (C=O) groups is 1. The highest BCUT2D eigenvalue weighted by atomic mass is 35.5. The summed E-state index contributed by atoms with van der Waals surface area (Å²) in [6.07, 6.45) is 1.98. The molecule has 1 fully saturated rings. The average Bonchev–Trinajstić information content (AvgIpc) is 3.37. The maximum Gasteiger partial charge on any atom is 0.257 e. The molecule has 3 heterocycles. The molecule has 7 nitrogen and oxygen atoms in total. The van der Waals surface area contributed by atoms with Crippen molar-refractivity contribution in [3.63, 3.8) is 0 Å². The van der Waals surface area contributed by atoms with Gasteiger partial charge in [-0.3, -0.25) is 9.36 Å². The highest BCUT2D eigenvalue weighted by molar-refractivity contribution is 6.30. The van der Waals surface area contributed by atoms with Gasteiger partial charge in [0.25, 0.3) is 5.91 Å². The van der Waals surface area contributed by atoms with Crippen LogP contribution in [0.5, 0.6) is 0 Å². The Hall–Kier alpha value is -3.16. The Balaban J connectivity index is 1.66. The third-order valence-corrected chi connectivity index (χ3v) is 5.58. The fourth-order valence-electron chi connectivity index (χ4n) is 3.84. The lowest BCUT2D eigenvalue weighted by molar-refractivity contribution is 0.0859. The smallest absolute Gasteiger partial charge is 0.257 e. The van der Waals surface area contributed by atoms with E-state index in [0.29, 0.717) is 33.8 Å². The molecular weight excluding hydrogens is 402 g/mol. The van der Waals surface area contributed by atoms with Gasteiger partial charge in [0.05, 0.1) is 17.1 Å². The van der Waals surface area contributed by atoms with Crippen LogP contribution in [0.25, 0.3) is 27.9 Å². The van der Waals surface area contributed by atoms with Crippen molar-refractivity contribution < 1.29 is 9.53 Å². The maximum atomic E-state index is 13.1. The van der Waals surface area contributed by atoms with Crippen molar-refractivity contribution in [2.75, 3.05) is 18.9 Å². The molecule has 152 valence electrons. The van der Waals surface area contributed by atoms with E-state index in [1.165, 1.54) is 0 Å². The number of fused-ring (bicyclic) bond motifs is 2. The Labute approximate surface area is 177 Å². The Kier molecular flexibility index (Phi) is 4.77. The van der Waals surface area contributed by atoms with E-state index in [-0.39, 0.29) is 17.8 Å². The van der Waals surface area contributed by atoms with E-state index in [2.05, 4.69) is 5.32 Å². The summed E-state index contributed by atoms with van der Waals surface area (Å²) in [6, 6.07) is 14.8. The summed E-state index contributed by atoms with van der Waals surface area (Å²) >= 11 is 6.05. The van der Waals surface area contributed by atoms with Gasteiger partial charge in [0.2, 0.25) is 0 Å². The minimum atomic E-state index is -0.287. The zero-order valence-electron chi connectivity index (χ0n) is 16.1. The number of nitrogens with two attached hydrogens (primary N) is 1. The van der Waals surface area contributed by atoms with Gasteiger partial charge in [0.1, 0.15) is 16.9 Å². The van der Waals surface area contributed by atoms with E-state index in [1.807, 2.05) is 36.4 Å². The molecule has 1 saturated heterocycles. The third-order valence-electron chi connectivity index (χ3n) is 5.32. The van der Waals surface area contributed by atoms with Crippen LogP contribution in [-0.2, 0) is 4.74 Å². The molecule has 4 aromatic rings. The molecule has 0 spiro atoms. The summed E-state index contributed by atoms with van der Waals surface area (Å²) in [4.78, 5) is 22.6. The molecule has 8 heteroatoms. The number of nitrogen functional groups attached to an aromatic ring is 1. The van der Waals surface area contributed by atoms with Crippen LogP contribution in [0.1, 0.15) is 23.2 Å². The van der Waals surface area contributed by atoms with Crippen molar-refractivity contribution in [3.8, 4) is 5.69 Å². The van der Waals surface area contributed by atoms with Crippen LogP contribution in [0, 0.1) is 0 Å². The number of aromatic nitrogens is 3.